The quantitative estimate of drug-likeness (QED) is 0.291. The SMILES string of the molecule is CCOc1cc(=O)[nH]cc1C1=CC(F)=C(CC(NC2=CC(OCCN(C)C)CC(C(F)(F)F)=C2)OC)CC1. The first-order chi connectivity index (χ1) is 18.0. The molecule has 1 heterocycles. The third-order valence-corrected chi connectivity index (χ3v) is 6.26. The lowest BCUT2D eigenvalue weighted by Gasteiger charge is -2.28. The van der Waals surface area contributed by atoms with Crippen molar-refractivity contribution in [2.24, 2.45) is 0 Å². The Hall–Kier alpha value is -2.89. The lowest BCUT2D eigenvalue weighted by atomic mass is 9.91. The zero-order valence-electron chi connectivity index (χ0n) is 22.1. The van der Waals surface area contributed by atoms with Crippen molar-refractivity contribution in [1.29, 1.82) is 0 Å². The highest BCUT2D eigenvalue weighted by atomic mass is 19.4. The number of alkyl halides is 3. The van der Waals surface area contributed by atoms with Gasteiger partial charge in [-0.3, -0.25) is 4.79 Å². The average Bonchev–Trinajstić information content (AvgIpc) is 2.84. The Kier molecular flexibility index (Phi) is 10.3. The third-order valence-electron chi connectivity index (χ3n) is 6.26. The molecule has 0 saturated heterocycles. The average molecular weight is 542 g/mol. The first-order valence-electron chi connectivity index (χ1n) is 12.5. The molecule has 1 aromatic rings. The van der Waals surface area contributed by atoms with Crippen molar-refractivity contribution < 1.29 is 31.8 Å². The molecule has 2 unspecified atom stereocenters. The first kappa shape index (κ1) is 29.7. The van der Waals surface area contributed by atoms with Gasteiger partial charge in [-0.15, -0.1) is 0 Å². The number of aromatic amines is 1. The van der Waals surface area contributed by atoms with Crippen LogP contribution >= 0.6 is 0 Å². The largest absolute Gasteiger partial charge is 0.493 e. The summed E-state index contributed by atoms with van der Waals surface area (Å²) < 4.78 is 72.5. The van der Waals surface area contributed by atoms with E-state index in [0.29, 0.717) is 48.5 Å². The molecule has 0 spiro atoms. The fourth-order valence-corrected chi connectivity index (χ4v) is 4.28. The number of hydrogen-bond donors (Lipinski definition) is 2. The number of halogens is 4. The lowest BCUT2D eigenvalue weighted by molar-refractivity contribution is -0.0982. The molecule has 0 amide bonds. The van der Waals surface area contributed by atoms with Crippen LogP contribution < -0.4 is 15.6 Å². The van der Waals surface area contributed by atoms with Gasteiger partial charge in [-0.1, -0.05) is 0 Å². The summed E-state index contributed by atoms with van der Waals surface area (Å²) in [4.78, 5) is 16.1. The first-order valence-corrected chi connectivity index (χ1v) is 12.5. The predicted molar refractivity (Wildman–Crippen MR) is 137 cm³/mol. The number of rotatable bonds is 12. The smallest absolute Gasteiger partial charge is 0.412 e. The number of likely N-dealkylation sites (N-methyl/N-ethyl adjacent to an activating group) is 1. The van der Waals surface area contributed by atoms with Gasteiger partial charge in [0.2, 0.25) is 0 Å². The van der Waals surface area contributed by atoms with E-state index >= 15 is 4.39 Å². The van der Waals surface area contributed by atoms with E-state index in [0.717, 1.165) is 6.08 Å². The molecule has 2 N–H and O–H groups in total. The Bertz CT molecular complexity index is 1150. The molecule has 0 fully saturated rings. The van der Waals surface area contributed by atoms with Gasteiger partial charge >= 0.3 is 6.18 Å². The number of nitrogens with zero attached hydrogens (tertiary/aromatic N) is 1. The Morgan fingerprint density at radius 3 is 2.63 bits per heavy atom. The van der Waals surface area contributed by atoms with Crippen LogP contribution in [0.2, 0.25) is 0 Å². The van der Waals surface area contributed by atoms with Crippen LogP contribution in [0, 0.1) is 0 Å². The summed E-state index contributed by atoms with van der Waals surface area (Å²) in [6.45, 7) is 3.01. The van der Waals surface area contributed by atoms with Crippen LogP contribution in [0.3, 0.4) is 0 Å². The van der Waals surface area contributed by atoms with Crippen molar-refractivity contribution in [3.8, 4) is 5.75 Å². The number of methoxy groups -OCH3 is 1. The number of H-pyrrole nitrogens is 1. The molecule has 1 aromatic heterocycles. The van der Waals surface area contributed by atoms with Crippen LogP contribution in [0.4, 0.5) is 17.6 Å². The van der Waals surface area contributed by atoms with Crippen molar-refractivity contribution in [3.63, 3.8) is 0 Å². The number of nitrogens with one attached hydrogen (secondary N) is 2. The maximum Gasteiger partial charge on any atom is 0.412 e. The predicted octanol–water partition coefficient (Wildman–Crippen LogP) is 4.85. The molecule has 2 aliphatic carbocycles. The molecular weight excluding hydrogens is 506 g/mol. The molecule has 210 valence electrons. The molecule has 0 bridgehead atoms. The van der Waals surface area contributed by atoms with E-state index < -0.39 is 29.9 Å². The number of aromatic nitrogens is 1. The summed E-state index contributed by atoms with van der Waals surface area (Å²) in [6.07, 6.45) is 0.298. The molecule has 0 saturated carbocycles. The van der Waals surface area contributed by atoms with Gasteiger partial charge < -0.3 is 29.4 Å². The van der Waals surface area contributed by atoms with Crippen molar-refractivity contribution in [2.75, 3.05) is 41.0 Å². The molecule has 38 heavy (non-hydrogen) atoms. The molecule has 7 nitrogen and oxygen atoms in total. The van der Waals surface area contributed by atoms with Gasteiger partial charge in [0.15, 0.2) is 0 Å². The van der Waals surface area contributed by atoms with Crippen LogP contribution in [0.25, 0.3) is 5.57 Å². The van der Waals surface area contributed by atoms with E-state index in [-0.39, 0.29) is 30.7 Å². The molecule has 3 rings (SSSR count). The highest BCUT2D eigenvalue weighted by Crippen LogP contribution is 2.37. The Balaban J connectivity index is 1.76. The van der Waals surface area contributed by atoms with Gasteiger partial charge in [-0.25, -0.2) is 4.39 Å². The normalized spacial score (nSPS) is 19.2. The monoisotopic (exact) mass is 541 g/mol. The minimum absolute atomic E-state index is 0.134. The summed E-state index contributed by atoms with van der Waals surface area (Å²) in [5.74, 6) is -0.0631. The Labute approximate surface area is 219 Å². The van der Waals surface area contributed by atoms with E-state index in [2.05, 4.69) is 10.3 Å². The second-order valence-electron chi connectivity index (χ2n) is 9.41. The Morgan fingerprint density at radius 1 is 1.24 bits per heavy atom. The molecular formula is C27H35F4N3O4. The van der Waals surface area contributed by atoms with E-state index in [1.54, 1.807) is 13.0 Å². The molecule has 0 radical (unpaired) electrons. The highest BCUT2D eigenvalue weighted by Gasteiger charge is 2.37. The summed E-state index contributed by atoms with van der Waals surface area (Å²) in [6, 6.07) is 1.33. The van der Waals surface area contributed by atoms with Crippen molar-refractivity contribution in [3.05, 3.63) is 69.1 Å². The fraction of sp³-hybridized carbons (Fsp3) is 0.519. The van der Waals surface area contributed by atoms with Gasteiger partial charge in [0.25, 0.3) is 5.56 Å². The summed E-state index contributed by atoms with van der Waals surface area (Å²) in [5.41, 5.74) is 0.967. The Morgan fingerprint density at radius 2 is 2.00 bits per heavy atom. The van der Waals surface area contributed by atoms with Crippen LogP contribution in [-0.2, 0) is 9.47 Å². The number of pyridine rings is 1. The minimum atomic E-state index is -4.49. The van der Waals surface area contributed by atoms with Gasteiger partial charge in [0.05, 0.1) is 19.3 Å². The number of hydrogen-bond acceptors (Lipinski definition) is 6. The van der Waals surface area contributed by atoms with E-state index in [1.165, 1.54) is 25.4 Å². The number of allylic oxidation sites excluding steroid dienone is 4. The summed E-state index contributed by atoms with van der Waals surface area (Å²) >= 11 is 0. The maximum absolute atomic E-state index is 15.1. The fourth-order valence-electron chi connectivity index (χ4n) is 4.28. The molecule has 2 aliphatic rings. The third kappa shape index (κ3) is 8.31. The summed E-state index contributed by atoms with van der Waals surface area (Å²) in [7, 11) is 5.12. The number of ether oxygens (including phenoxy) is 3. The highest BCUT2D eigenvalue weighted by molar-refractivity contribution is 5.73. The van der Waals surface area contributed by atoms with Crippen LogP contribution in [0.15, 0.2) is 58.0 Å². The van der Waals surface area contributed by atoms with Crippen LogP contribution in [0.1, 0.15) is 38.2 Å². The maximum atomic E-state index is 15.1. The van der Waals surface area contributed by atoms with Crippen molar-refractivity contribution >= 4 is 5.57 Å². The van der Waals surface area contributed by atoms with Crippen LogP contribution in [-0.4, -0.2) is 69.4 Å². The molecule has 0 aromatic carbocycles. The summed E-state index contributed by atoms with van der Waals surface area (Å²) in [5, 5.41) is 2.97. The standard InChI is InChI=1S/C27H35F4N3O4/c1-5-37-24-15-25(35)32-16-22(24)17-6-7-18(23(28)10-17)11-26(36-4)33-20-12-19(27(29,30)31)13-21(14-20)38-9-8-34(2)3/h10,12,14-16,21,26,33H,5-9,11,13H2,1-4H3,(H,32,35). The molecule has 2 atom stereocenters. The van der Waals surface area contributed by atoms with E-state index in [4.69, 9.17) is 14.2 Å². The zero-order valence-corrected chi connectivity index (χ0v) is 22.1. The minimum Gasteiger partial charge on any atom is -0.493 e. The van der Waals surface area contributed by atoms with E-state index in [9.17, 15) is 18.0 Å². The second-order valence-corrected chi connectivity index (χ2v) is 9.41. The van der Waals surface area contributed by atoms with Gasteiger partial charge in [-0.05, 0) is 63.2 Å². The van der Waals surface area contributed by atoms with Gasteiger partial charge in [0.1, 0.15) is 17.8 Å². The van der Waals surface area contributed by atoms with Crippen LogP contribution in [0.5, 0.6) is 5.75 Å². The van der Waals surface area contributed by atoms with Gasteiger partial charge in [-0.2, -0.15) is 13.2 Å². The second kappa shape index (κ2) is 13.3. The topological polar surface area (TPSA) is 75.8 Å². The van der Waals surface area contributed by atoms with Crippen molar-refractivity contribution in [2.45, 2.75) is 51.1 Å². The van der Waals surface area contributed by atoms with Gasteiger partial charge in [0, 0.05) is 55.6 Å². The lowest BCUT2D eigenvalue weighted by Crippen LogP contribution is -2.34. The van der Waals surface area contributed by atoms with Crippen molar-refractivity contribution in [1.82, 2.24) is 15.2 Å². The van der Waals surface area contributed by atoms with E-state index in [1.807, 2.05) is 19.0 Å². The molecule has 0 aliphatic heterocycles. The molecule has 11 heteroatoms. The zero-order chi connectivity index (χ0) is 27.9.